The Labute approximate surface area is 151 Å². The van der Waals surface area contributed by atoms with Gasteiger partial charge in [0.25, 0.3) is 0 Å². The average molecular weight is 353 g/mol. The number of hydrogen-bond donors (Lipinski definition) is 1. The normalized spacial score (nSPS) is 12.8. The fourth-order valence-electron chi connectivity index (χ4n) is 2.65. The van der Waals surface area contributed by atoms with Crippen LogP contribution >= 0.6 is 0 Å². The van der Waals surface area contributed by atoms with Gasteiger partial charge in [-0.15, -0.1) is 0 Å². The van der Waals surface area contributed by atoms with Crippen LogP contribution in [0.5, 0.6) is 0 Å². The molecule has 0 aliphatic heterocycles. The molecule has 0 bridgehead atoms. The number of benzene rings is 2. The van der Waals surface area contributed by atoms with Gasteiger partial charge in [0.15, 0.2) is 5.58 Å². The van der Waals surface area contributed by atoms with Crippen LogP contribution in [0.4, 0.5) is 4.39 Å². The predicted molar refractivity (Wildman–Crippen MR) is 98.9 cm³/mol. The van der Waals surface area contributed by atoms with Crippen molar-refractivity contribution in [2.75, 3.05) is 20.6 Å². The molecule has 2 aromatic carbocycles. The molecule has 0 spiro atoms. The first-order chi connectivity index (χ1) is 12.5. The Morgan fingerprint density at radius 3 is 2.65 bits per heavy atom. The van der Waals surface area contributed by atoms with Crippen LogP contribution in [0.2, 0.25) is 0 Å². The molecule has 3 rings (SSSR count). The highest BCUT2D eigenvalue weighted by Crippen LogP contribution is 2.18. The molecule has 0 radical (unpaired) electrons. The van der Waals surface area contributed by atoms with Crippen molar-refractivity contribution in [2.24, 2.45) is 0 Å². The van der Waals surface area contributed by atoms with Gasteiger partial charge in [-0.25, -0.2) is 9.37 Å². The summed E-state index contributed by atoms with van der Waals surface area (Å²) >= 11 is 0. The van der Waals surface area contributed by atoms with Gasteiger partial charge in [0.05, 0.1) is 6.04 Å². The lowest BCUT2D eigenvalue weighted by molar-refractivity contribution is -0.116. The van der Waals surface area contributed by atoms with Gasteiger partial charge < -0.3 is 14.6 Å². The summed E-state index contributed by atoms with van der Waals surface area (Å²) in [4.78, 5) is 18.4. The second-order valence-corrected chi connectivity index (χ2v) is 6.13. The minimum atomic E-state index is -0.281. The number of likely N-dealkylation sites (N-methyl/N-ethyl adjacent to an activating group) is 1. The number of amides is 1. The smallest absolute Gasteiger partial charge is 0.244 e. The van der Waals surface area contributed by atoms with Gasteiger partial charge in [-0.05, 0) is 43.9 Å². The van der Waals surface area contributed by atoms with Crippen LogP contribution in [-0.2, 0) is 4.79 Å². The fraction of sp³-hybridized carbons (Fsp3) is 0.200. The maximum atomic E-state index is 13.1. The number of hydrogen-bond acceptors (Lipinski definition) is 4. The van der Waals surface area contributed by atoms with E-state index in [1.807, 2.05) is 43.3 Å². The number of nitrogens with zero attached hydrogens (tertiary/aromatic N) is 2. The summed E-state index contributed by atoms with van der Waals surface area (Å²) in [5.74, 6) is -0.151. The Hall–Kier alpha value is -2.99. The molecule has 1 atom stereocenters. The molecule has 1 unspecified atom stereocenters. The molecule has 0 aliphatic carbocycles. The van der Waals surface area contributed by atoms with Crippen molar-refractivity contribution >= 4 is 23.1 Å². The van der Waals surface area contributed by atoms with E-state index in [0.717, 1.165) is 11.1 Å². The SMILES string of the molecule is CN(C)C(CNC(=O)/C=C/c1nc2ccccc2o1)c1ccc(F)cc1. The molecule has 0 fully saturated rings. The van der Waals surface area contributed by atoms with Crippen molar-refractivity contribution in [2.45, 2.75) is 6.04 Å². The highest BCUT2D eigenvalue weighted by molar-refractivity contribution is 5.91. The van der Waals surface area contributed by atoms with Gasteiger partial charge in [-0.3, -0.25) is 4.79 Å². The highest BCUT2D eigenvalue weighted by Gasteiger charge is 2.14. The third-order valence-electron chi connectivity index (χ3n) is 4.04. The van der Waals surface area contributed by atoms with E-state index in [9.17, 15) is 9.18 Å². The molecular formula is C20H20FN3O2. The lowest BCUT2D eigenvalue weighted by atomic mass is 10.1. The lowest BCUT2D eigenvalue weighted by Crippen LogP contribution is -2.33. The summed E-state index contributed by atoms with van der Waals surface area (Å²) < 4.78 is 18.6. The molecule has 26 heavy (non-hydrogen) atoms. The molecule has 6 heteroatoms. The predicted octanol–water partition coefficient (Wildman–Crippen LogP) is 3.40. The number of halogens is 1. The van der Waals surface area contributed by atoms with Crippen LogP contribution in [-0.4, -0.2) is 36.4 Å². The maximum absolute atomic E-state index is 13.1. The summed E-state index contributed by atoms with van der Waals surface area (Å²) in [7, 11) is 3.82. The van der Waals surface area contributed by atoms with Crippen molar-refractivity contribution in [3.8, 4) is 0 Å². The Bertz CT molecular complexity index is 883. The number of fused-ring (bicyclic) bond motifs is 1. The first-order valence-electron chi connectivity index (χ1n) is 8.26. The Morgan fingerprint density at radius 1 is 1.23 bits per heavy atom. The first-order valence-corrected chi connectivity index (χ1v) is 8.26. The number of para-hydroxylation sites is 2. The molecule has 1 heterocycles. The fourth-order valence-corrected chi connectivity index (χ4v) is 2.65. The van der Waals surface area contributed by atoms with Gasteiger partial charge in [0.1, 0.15) is 11.3 Å². The van der Waals surface area contributed by atoms with Gasteiger partial charge in [0.2, 0.25) is 11.8 Å². The molecule has 0 saturated heterocycles. The summed E-state index contributed by atoms with van der Waals surface area (Å²) in [6, 6.07) is 13.6. The zero-order valence-electron chi connectivity index (χ0n) is 14.6. The van der Waals surface area contributed by atoms with Crippen LogP contribution in [0.3, 0.4) is 0 Å². The molecule has 0 saturated carbocycles. The van der Waals surface area contributed by atoms with Crippen LogP contribution in [0.15, 0.2) is 59.0 Å². The van der Waals surface area contributed by atoms with Gasteiger partial charge in [-0.2, -0.15) is 0 Å². The number of rotatable bonds is 6. The minimum absolute atomic E-state index is 0.0581. The number of oxazole rings is 1. The van der Waals surface area contributed by atoms with Gasteiger partial charge in [-0.1, -0.05) is 24.3 Å². The largest absolute Gasteiger partial charge is 0.437 e. The Morgan fingerprint density at radius 2 is 1.96 bits per heavy atom. The average Bonchev–Trinajstić information content (AvgIpc) is 3.04. The van der Waals surface area contributed by atoms with Crippen molar-refractivity contribution < 1.29 is 13.6 Å². The zero-order chi connectivity index (χ0) is 18.5. The molecule has 1 aromatic heterocycles. The maximum Gasteiger partial charge on any atom is 0.244 e. The quantitative estimate of drug-likeness (QED) is 0.690. The monoisotopic (exact) mass is 353 g/mol. The van der Waals surface area contributed by atoms with Gasteiger partial charge >= 0.3 is 0 Å². The minimum Gasteiger partial charge on any atom is -0.437 e. The van der Waals surface area contributed by atoms with E-state index in [4.69, 9.17) is 4.42 Å². The van der Waals surface area contributed by atoms with E-state index in [1.165, 1.54) is 24.3 Å². The number of aromatic nitrogens is 1. The summed E-state index contributed by atoms with van der Waals surface area (Å²) in [5.41, 5.74) is 2.35. The van der Waals surface area contributed by atoms with E-state index >= 15 is 0 Å². The van der Waals surface area contributed by atoms with E-state index < -0.39 is 0 Å². The third kappa shape index (κ3) is 4.34. The van der Waals surface area contributed by atoms with Crippen LogP contribution in [0, 0.1) is 5.82 Å². The zero-order valence-corrected chi connectivity index (χ0v) is 14.6. The molecular weight excluding hydrogens is 333 g/mol. The number of carbonyl (C=O) groups is 1. The van der Waals surface area contributed by atoms with Crippen molar-refractivity contribution in [1.82, 2.24) is 15.2 Å². The number of carbonyl (C=O) groups excluding carboxylic acids is 1. The second kappa shape index (κ2) is 7.93. The Kier molecular flexibility index (Phi) is 5.43. The lowest BCUT2D eigenvalue weighted by Gasteiger charge is -2.24. The van der Waals surface area contributed by atoms with Crippen molar-refractivity contribution in [3.05, 3.63) is 71.9 Å². The molecule has 3 aromatic rings. The summed E-state index contributed by atoms with van der Waals surface area (Å²) in [6.07, 6.45) is 2.93. The highest BCUT2D eigenvalue weighted by atomic mass is 19.1. The summed E-state index contributed by atoms with van der Waals surface area (Å²) in [6.45, 7) is 0.398. The van der Waals surface area contributed by atoms with Crippen LogP contribution in [0.25, 0.3) is 17.2 Å². The molecule has 134 valence electrons. The standard InChI is InChI=1S/C20H20FN3O2/c1-24(2)17(14-7-9-15(21)10-8-14)13-22-19(25)11-12-20-23-16-5-3-4-6-18(16)26-20/h3-12,17H,13H2,1-2H3,(H,22,25)/b12-11+. The van der Waals surface area contributed by atoms with Gasteiger partial charge in [0, 0.05) is 18.7 Å². The van der Waals surface area contributed by atoms with Crippen molar-refractivity contribution in [3.63, 3.8) is 0 Å². The van der Waals surface area contributed by atoms with Crippen LogP contribution in [0.1, 0.15) is 17.5 Å². The topological polar surface area (TPSA) is 58.4 Å². The third-order valence-corrected chi connectivity index (χ3v) is 4.04. The molecule has 5 nitrogen and oxygen atoms in total. The van der Waals surface area contributed by atoms with E-state index in [2.05, 4.69) is 10.3 Å². The second-order valence-electron chi connectivity index (χ2n) is 6.13. The van der Waals surface area contributed by atoms with E-state index in [1.54, 1.807) is 12.1 Å². The van der Waals surface area contributed by atoms with Crippen molar-refractivity contribution in [1.29, 1.82) is 0 Å². The molecule has 1 amide bonds. The Balaban J connectivity index is 1.62. The molecule has 0 aliphatic rings. The summed E-state index contributed by atoms with van der Waals surface area (Å²) in [5, 5.41) is 2.85. The van der Waals surface area contributed by atoms with E-state index in [-0.39, 0.29) is 17.8 Å². The van der Waals surface area contributed by atoms with Crippen LogP contribution < -0.4 is 5.32 Å². The number of nitrogens with one attached hydrogen (secondary N) is 1. The molecule has 1 N–H and O–H groups in total. The first kappa shape index (κ1) is 17.8. The van der Waals surface area contributed by atoms with E-state index in [0.29, 0.717) is 18.0 Å².